The number of hydrogen-bond donors (Lipinski definition) is 0. The first kappa shape index (κ1) is 16.8. The van der Waals surface area contributed by atoms with Crippen molar-refractivity contribution in [2.75, 3.05) is 4.90 Å². The molecule has 4 aromatic rings. The van der Waals surface area contributed by atoms with Crippen LogP contribution in [0.1, 0.15) is 21.7 Å². The lowest BCUT2D eigenvalue weighted by molar-refractivity contribution is 0.0958. The molecule has 0 aliphatic heterocycles. The Bertz CT molecular complexity index is 1060. The number of amides is 1. The van der Waals surface area contributed by atoms with Crippen LogP contribution in [-0.4, -0.2) is 15.9 Å². The minimum Gasteiger partial charge on any atom is -0.459 e. The molecule has 5 nitrogen and oxygen atoms in total. The van der Waals surface area contributed by atoms with Crippen molar-refractivity contribution in [3.8, 4) is 0 Å². The summed E-state index contributed by atoms with van der Waals surface area (Å²) in [6, 6.07) is 10.8. The van der Waals surface area contributed by atoms with Crippen molar-refractivity contribution in [3.63, 3.8) is 0 Å². The SMILES string of the molecule is Cc1cc(Cl)cc2sc(N(Cc3ccncc3)C(=O)c3ccco3)nc12. The van der Waals surface area contributed by atoms with Crippen LogP contribution >= 0.6 is 22.9 Å². The van der Waals surface area contributed by atoms with Crippen LogP contribution in [0.15, 0.2) is 59.5 Å². The molecule has 0 aliphatic carbocycles. The molecule has 3 heterocycles. The molecule has 0 bridgehead atoms. The Labute approximate surface area is 158 Å². The maximum absolute atomic E-state index is 13.0. The van der Waals surface area contributed by atoms with Crippen LogP contribution in [0.2, 0.25) is 5.02 Å². The van der Waals surface area contributed by atoms with Crippen molar-refractivity contribution in [1.82, 2.24) is 9.97 Å². The number of halogens is 1. The second-order valence-corrected chi connectivity index (χ2v) is 7.24. The molecule has 26 heavy (non-hydrogen) atoms. The molecule has 0 fully saturated rings. The highest BCUT2D eigenvalue weighted by atomic mass is 35.5. The van der Waals surface area contributed by atoms with Gasteiger partial charge in [-0.1, -0.05) is 22.9 Å². The summed E-state index contributed by atoms with van der Waals surface area (Å²) in [7, 11) is 0. The molecule has 0 saturated carbocycles. The van der Waals surface area contributed by atoms with Crippen LogP contribution in [0.4, 0.5) is 5.13 Å². The van der Waals surface area contributed by atoms with E-state index in [1.807, 2.05) is 31.2 Å². The Morgan fingerprint density at radius 2 is 2.08 bits per heavy atom. The number of nitrogens with zero attached hydrogens (tertiary/aromatic N) is 3. The molecule has 1 amide bonds. The van der Waals surface area contributed by atoms with E-state index < -0.39 is 0 Å². The Kier molecular flexibility index (Phi) is 4.44. The van der Waals surface area contributed by atoms with E-state index in [2.05, 4.69) is 9.97 Å². The fraction of sp³-hybridized carbons (Fsp3) is 0.105. The van der Waals surface area contributed by atoms with Gasteiger partial charge in [0.25, 0.3) is 5.91 Å². The lowest BCUT2D eigenvalue weighted by Gasteiger charge is -2.18. The highest BCUT2D eigenvalue weighted by Gasteiger charge is 2.24. The zero-order valence-corrected chi connectivity index (χ0v) is 15.4. The van der Waals surface area contributed by atoms with Crippen LogP contribution in [0.25, 0.3) is 10.2 Å². The number of pyridine rings is 1. The van der Waals surface area contributed by atoms with E-state index in [1.54, 1.807) is 29.4 Å². The van der Waals surface area contributed by atoms with Gasteiger partial charge in [0.2, 0.25) is 0 Å². The Balaban J connectivity index is 1.79. The maximum atomic E-state index is 13.0. The van der Waals surface area contributed by atoms with Crippen LogP contribution < -0.4 is 4.90 Å². The van der Waals surface area contributed by atoms with Crippen LogP contribution in [0, 0.1) is 6.92 Å². The third kappa shape index (κ3) is 3.21. The fourth-order valence-corrected chi connectivity index (χ4v) is 4.11. The van der Waals surface area contributed by atoms with Crippen LogP contribution in [0.3, 0.4) is 0 Å². The van der Waals surface area contributed by atoms with Gasteiger partial charge in [-0.2, -0.15) is 0 Å². The molecule has 0 unspecified atom stereocenters. The Morgan fingerprint density at radius 1 is 1.27 bits per heavy atom. The number of rotatable bonds is 4. The van der Waals surface area contributed by atoms with Crippen molar-refractivity contribution >= 4 is 44.2 Å². The van der Waals surface area contributed by atoms with Gasteiger partial charge < -0.3 is 4.42 Å². The first-order valence-electron chi connectivity index (χ1n) is 7.93. The fourth-order valence-electron chi connectivity index (χ4n) is 2.69. The quantitative estimate of drug-likeness (QED) is 0.492. The van der Waals surface area contributed by atoms with Gasteiger partial charge in [-0.15, -0.1) is 0 Å². The largest absolute Gasteiger partial charge is 0.459 e. The summed E-state index contributed by atoms with van der Waals surface area (Å²) < 4.78 is 6.25. The van der Waals surface area contributed by atoms with Crippen LogP contribution in [-0.2, 0) is 6.54 Å². The van der Waals surface area contributed by atoms with E-state index in [-0.39, 0.29) is 11.7 Å². The first-order valence-corrected chi connectivity index (χ1v) is 9.12. The summed E-state index contributed by atoms with van der Waals surface area (Å²) in [6.45, 7) is 2.33. The number of hydrogen-bond acceptors (Lipinski definition) is 5. The van der Waals surface area contributed by atoms with Crippen molar-refractivity contribution in [1.29, 1.82) is 0 Å². The molecule has 1 aromatic carbocycles. The maximum Gasteiger partial charge on any atom is 0.296 e. The molecular weight excluding hydrogens is 370 g/mol. The van der Waals surface area contributed by atoms with Gasteiger partial charge in [-0.25, -0.2) is 4.98 Å². The molecule has 3 aromatic heterocycles. The Morgan fingerprint density at radius 3 is 2.81 bits per heavy atom. The zero-order valence-electron chi connectivity index (χ0n) is 13.8. The minimum absolute atomic E-state index is 0.241. The van der Waals surface area contributed by atoms with E-state index in [1.165, 1.54) is 17.6 Å². The third-order valence-corrected chi connectivity index (χ3v) is 5.18. The minimum atomic E-state index is -0.241. The van der Waals surface area contributed by atoms with Gasteiger partial charge >= 0.3 is 0 Å². The summed E-state index contributed by atoms with van der Waals surface area (Å²) in [5.74, 6) is 0.0303. The van der Waals surface area contributed by atoms with Gasteiger partial charge in [0.05, 0.1) is 23.0 Å². The van der Waals surface area contributed by atoms with Gasteiger partial charge in [-0.05, 0) is 54.4 Å². The molecule has 0 N–H and O–H groups in total. The monoisotopic (exact) mass is 383 g/mol. The molecule has 0 saturated heterocycles. The van der Waals surface area contributed by atoms with E-state index >= 15 is 0 Å². The lowest BCUT2D eigenvalue weighted by atomic mass is 10.2. The van der Waals surface area contributed by atoms with Gasteiger partial charge in [-0.3, -0.25) is 14.7 Å². The summed E-state index contributed by atoms with van der Waals surface area (Å²) in [5.41, 5.74) is 2.78. The summed E-state index contributed by atoms with van der Waals surface area (Å²) in [6.07, 6.45) is 4.89. The number of benzene rings is 1. The highest BCUT2D eigenvalue weighted by molar-refractivity contribution is 7.22. The number of fused-ring (bicyclic) bond motifs is 1. The molecule has 0 radical (unpaired) electrons. The topological polar surface area (TPSA) is 59.2 Å². The van der Waals surface area contributed by atoms with E-state index in [9.17, 15) is 4.79 Å². The summed E-state index contributed by atoms with van der Waals surface area (Å²) in [5, 5.41) is 1.26. The average molecular weight is 384 g/mol. The van der Waals surface area contributed by atoms with Crippen molar-refractivity contribution < 1.29 is 9.21 Å². The standard InChI is InChI=1S/C19H14ClN3O2S/c1-12-9-14(20)10-16-17(12)22-19(26-16)23(11-13-4-6-21-7-5-13)18(24)15-3-2-8-25-15/h2-10H,11H2,1H3. The molecule has 130 valence electrons. The second kappa shape index (κ2) is 6.90. The van der Waals surface area contributed by atoms with Crippen molar-refractivity contribution in [2.24, 2.45) is 0 Å². The second-order valence-electron chi connectivity index (χ2n) is 5.79. The molecule has 4 rings (SSSR count). The molecule has 0 spiro atoms. The van der Waals surface area contributed by atoms with Crippen molar-refractivity contribution in [3.05, 3.63) is 77.0 Å². The van der Waals surface area contributed by atoms with Crippen molar-refractivity contribution in [2.45, 2.75) is 13.5 Å². The number of thiazole rings is 1. The molecule has 7 heteroatoms. The van der Waals surface area contributed by atoms with Gasteiger partial charge in [0.1, 0.15) is 0 Å². The lowest BCUT2D eigenvalue weighted by Crippen LogP contribution is -2.30. The summed E-state index contributed by atoms with van der Waals surface area (Å²) in [4.78, 5) is 23.3. The molecular formula is C19H14ClN3O2S. The summed E-state index contributed by atoms with van der Waals surface area (Å²) >= 11 is 7.59. The number of carbonyl (C=O) groups excluding carboxylic acids is 1. The predicted octanol–water partition coefficient (Wildman–Crippen LogP) is 5.09. The Hall–Kier alpha value is -2.70. The van der Waals surface area contributed by atoms with Gasteiger partial charge in [0.15, 0.2) is 10.9 Å². The number of carbonyl (C=O) groups is 1. The first-order chi connectivity index (χ1) is 12.6. The highest BCUT2D eigenvalue weighted by Crippen LogP contribution is 2.34. The average Bonchev–Trinajstić information content (AvgIpc) is 3.29. The van der Waals surface area contributed by atoms with E-state index in [0.717, 1.165) is 21.3 Å². The third-order valence-electron chi connectivity index (χ3n) is 3.94. The molecule has 0 atom stereocenters. The van der Waals surface area contributed by atoms with E-state index in [4.69, 9.17) is 16.0 Å². The number of aromatic nitrogens is 2. The number of furan rings is 1. The normalized spacial score (nSPS) is 11.0. The smallest absolute Gasteiger partial charge is 0.296 e. The zero-order chi connectivity index (χ0) is 18.1. The van der Waals surface area contributed by atoms with Crippen LogP contribution in [0.5, 0.6) is 0 Å². The molecule has 0 aliphatic rings. The number of anilines is 1. The van der Waals surface area contributed by atoms with Gasteiger partial charge in [0, 0.05) is 17.4 Å². The number of aryl methyl sites for hydroxylation is 1. The van der Waals surface area contributed by atoms with E-state index in [0.29, 0.717) is 16.7 Å². The predicted molar refractivity (Wildman–Crippen MR) is 103 cm³/mol.